The van der Waals surface area contributed by atoms with E-state index < -0.39 is 11.5 Å². The second kappa shape index (κ2) is 6.56. The van der Waals surface area contributed by atoms with Gasteiger partial charge in [-0.1, -0.05) is 0 Å². The Morgan fingerprint density at radius 2 is 1.70 bits per heavy atom. The summed E-state index contributed by atoms with van der Waals surface area (Å²) in [5.74, 6) is -0.826. The Balaban J connectivity index is 3.29. The summed E-state index contributed by atoms with van der Waals surface area (Å²) < 4.78 is 6.44. The molecule has 0 spiro atoms. The van der Waals surface area contributed by atoms with Gasteiger partial charge in [0, 0.05) is 30.8 Å². The van der Waals surface area contributed by atoms with Crippen LogP contribution in [-0.4, -0.2) is 46.3 Å². The summed E-state index contributed by atoms with van der Waals surface area (Å²) in [6, 6.07) is 0. The molecule has 0 fully saturated rings. The average molecular weight is 322 g/mol. The molecule has 0 aromatic carbocycles. The zero-order valence-electron chi connectivity index (χ0n) is 15.2. The SMILES string of the molecule is COC(=O)c1c(C)c(C(=O)CN(C(C)=O)C(C)(C)C)c(C)n1C. The first-order valence-corrected chi connectivity index (χ1v) is 7.49. The lowest BCUT2D eigenvalue weighted by molar-refractivity contribution is -0.132. The van der Waals surface area contributed by atoms with Crippen molar-refractivity contribution < 1.29 is 19.1 Å². The molecule has 0 aliphatic heterocycles. The highest BCUT2D eigenvalue weighted by molar-refractivity contribution is 6.04. The molecule has 1 heterocycles. The fourth-order valence-corrected chi connectivity index (χ4v) is 2.82. The summed E-state index contributed by atoms with van der Waals surface area (Å²) in [6.45, 7) is 10.6. The van der Waals surface area contributed by atoms with Crippen LogP contribution in [-0.2, 0) is 16.6 Å². The van der Waals surface area contributed by atoms with Crippen LogP contribution in [0, 0.1) is 13.8 Å². The molecule has 1 aromatic rings. The maximum Gasteiger partial charge on any atom is 0.354 e. The van der Waals surface area contributed by atoms with E-state index in [9.17, 15) is 14.4 Å². The minimum atomic E-state index is -0.480. The van der Waals surface area contributed by atoms with Crippen molar-refractivity contribution >= 4 is 17.7 Å². The molecule has 23 heavy (non-hydrogen) atoms. The maximum atomic E-state index is 12.8. The highest BCUT2D eigenvalue weighted by Gasteiger charge is 2.30. The predicted octanol–water partition coefficient (Wildman–Crippen LogP) is 2.26. The molecule has 0 atom stereocenters. The molecule has 0 radical (unpaired) electrons. The van der Waals surface area contributed by atoms with Crippen molar-refractivity contribution in [3.05, 3.63) is 22.5 Å². The van der Waals surface area contributed by atoms with Gasteiger partial charge in [-0.25, -0.2) is 4.79 Å². The Morgan fingerprint density at radius 1 is 1.17 bits per heavy atom. The summed E-state index contributed by atoms with van der Waals surface area (Å²) in [6.07, 6.45) is 0. The van der Waals surface area contributed by atoms with E-state index in [1.165, 1.54) is 18.9 Å². The lowest BCUT2D eigenvalue weighted by Crippen LogP contribution is -2.47. The number of carbonyl (C=O) groups is 3. The number of rotatable bonds is 4. The van der Waals surface area contributed by atoms with Crippen LogP contribution < -0.4 is 0 Å². The number of Topliss-reactive ketones (excluding diaryl/α,β-unsaturated/α-hetero) is 1. The summed E-state index contributed by atoms with van der Waals surface area (Å²) in [5.41, 5.74) is 1.65. The van der Waals surface area contributed by atoms with E-state index in [2.05, 4.69) is 0 Å². The Hall–Kier alpha value is -2.11. The lowest BCUT2D eigenvalue weighted by Gasteiger charge is -2.34. The van der Waals surface area contributed by atoms with Crippen molar-refractivity contribution in [2.45, 2.75) is 47.1 Å². The van der Waals surface area contributed by atoms with E-state index in [0.29, 0.717) is 22.5 Å². The van der Waals surface area contributed by atoms with Crippen LogP contribution in [0.3, 0.4) is 0 Å². The van der Waals surface area contributed by atoms with Gasteiger partial charge in [-0.15, -0.1) is 0 Å². The number of carbonyl (C=O) groups excluding carboxylic acids is 3. The van der Waals surface area contributed by atoms with Crippen LogP contribution >= 0.6 is 0 Å². The number of nitrogens with zero attached hydrogens (tertiary/aromatic N) is 2. The van der Waals surface area contributed by atoms with Gasteiger partial charge in [0.2, 0.25) is 5.91 Å². The minimum absolute atomic E-state index is 0.0227. The molecule has 0 aliphatic carbocycles. The number of hydrogen-bond acceptors (Lipinski definition) is 4. The van der Waals surface area contributed by atoms with Crippen molar-refractivity contribution in [1.29, 1.82) is 0 Å². The van der Waals surface area contributed by atoms with Crippen molar-refractivity contribution in [1.82, 2.24) is 9.47 Å². The van der Waals surface area contributed by atoms with Gasteiger partial charge in [-0.05, 0) is 40.2 Å². The van der Waals surface area contributed by atoms with Crippen molar-refractivity contribution in [3.8, 4) is 0 Å². The van der Waals surface area contributed by atoms with Crippen molar-refractivity contribution in [2.75, 3.05) is 13.7 Å². The summed E-state index contributed by atoms with van der Waals surface area (Å²) in [5, 5.41) is 0. The van der Waals surface area contributed by atoms with Gasteiger partial charge < -0.3 is 14.2 Å². The van der Waals surface area contributed by atoms with Gasteiger partial charge in [0.15, 0.2) is 5.78 Å². The quantitative estimate of drug-likeness (QED) is 0.630. The largest absolute Gasteiger partial charge is 0.464 e. The number of hydrogen-bond donors (Lipinski definition) is 0. The standard InChI is InChI=1S/C17H26N2O4/c1-10-14(11(2)18(7)15(10)16(22)23-8)13(21)9-19(12(3)20)17(4,5)6/h9H2,1-8H3. The third-order valence-corrected chi connectivity index (χ3v) is 4.08. The fraction of sp³-hybridized carbons (Fsp3) is 0.588. The normalized spacial score (nSPS) is 11.3. The van der Waals surface area contributed by atoms with Crippen LogP contribution in [0.15, 0.2) is 0 Å². The van der Waals surface area contributed by atoms with Crippen molar-refractivity contribution in [2.24, 2.45) is 7.05 Å². The number of aromatic nitrogens is 1. The topological polar surface area (TPSA) is 68.6 Å². The number of methoxy groups -OCH3 is 1. The highest BCUT2D eigenvalue weighted by atomic mass is 16.5. The van der Waals surface area contributed by atoms with Gasteiger partial charge >= 0.3 is 5.97 Å². The van der Waals surface area contributed by atoms with Crippen LogP contribution in [0.1, 0.15) is 59.8 Å². The average Bonchev–Trinajstić information content (AvgIpc) is 2.64. The Morgan fingerprint density at radius 3 is 2.09 bits per heavy atom. The van der Waals surface area contributed by atoms with Crippen LogP contribution in [0.5, 0.6) is 0 Å². The minimum Gasteiger partial charge on any atom is -0.464 e. The first kappa shape index (κ1) is 18.9. The maximum absolute atomic E-state index is 12.8. The molecule has 1 amide bonds. The van der Waals surface area contributed by atoms with Gasteiger partial charge in [-0.2, -0.15) is 0 Å². The van der Waals surface area contributed by atoms with Gasteiger partial charge in [0.25, 0.3) is 0 Å². The zero-order chi connectivity index (χ0) is 18.1. The van der Waals surface area contributed by atoms with E-state index in [1.807, 2.05) is 20.8 Å². The smallest absolute Gasteiger partial charge is 0.354 e. The van der Waals surface area contributed by atoms with Crippen LogP contribution in [0.2, 0.25) is 0 Å². The third kappa shape index (κ3) is 3.63. The molecule has 0 unspecified atom stereocenters. The molecule has 0 bridgehead atoms. The highest BCUT2D eigenvalue weighted by Crippen LogP contribution is 2.24. The van der Waals surface area contributed by atoms with Crippen molar-refractivity contribution in [3.63, 3.8) is 0 Å². The van der Waals surface area contributed by atoms with Crippen LogP contribution in [0.4, 0.5) is 0 Å². The number of amides is 1. The molecule has 0 aliphatic rings. The van der Waals surface area contributed by atoms with E-state index in [4.69, 9.17) is 4.74 Å². The van der Waals surface area contributed by atoms with E-state index in [1.54, 1.807) is 25.5 Å². The van der Waals surface area contributed by atoms with Gasteiger partial charge in [-0.3, -0.25) is 9.59 Å². The molecule has 0 saturated carbocycles. The second-order valence-electron chi connectivity index (χ2n) is 6.68. The lowest BCUT2D eigenvalue weighted by atomic mass is 10.0. The van der Waals surface area contributed by atoms with E-state index in [0.717, 1.165) is 0 Å². The number of ether oxygens (including phenoxy) is 1. The fourth-order valence-electron chi connectivity index (χ4n) is 2.82. The molecular formula is C17H26N2O4. The van der Waals surface area contributed by atoms with Crippen LogP contribution in [0.25, 0.3) is 0 Å². The Kier molecular flexibility index (Phi) is 5.40. The Bertz CT molecular complexity index is 651. The number of esters is 1. The molecule has 128 valence electrons. The third-order valence-electron chi connectivity index (χ3n) is 4.08. The molecular weight excluding hydrogens is 296 g/mol. The molecule has 0 saturated heterocycles. The first-order chi connectivity index (χ1) is 10.4. The molecule has 6 heteroatoms. The predicted molar refractivity (Wildman–Crippen MR) is 87.7 cm³/mol. The molecule has 6 nitrogen and oxygen atoms in total. The summed E-state index contributed by atoms with van der Waals surface area (Å²) in [4.78, 5) is 38.1. The van der Waals surface area contributed by atoms with E-state index >= 15 is 0 Å². The second-order valence-corrected chi connectivity index (χ2v) is 6.68. The van der Waals surface area contributed by atoms with Gasteiger partial charge in [0.05, 0.1) is 13.7 Å². The Labute approximate surface area is 137 Å². The monoisotopic (exact) mass is 322 g/mol. The van der Waals surface area contributed by atoms with E-state index in [-0.39, 0.29) is 18.2 Å². The van der Waals surface area contributed by atoms with Gasteiger partial charge in [0.1, 0.15) is 5.69 Å². The zero-order valence-corrected chi connectivity index (χ0v) is 15.2. The summed E-state index contributed by atoms with van der Waals surface area (Å²) >= 11 is 0. The molecule has 1 aromatic heterocycles. The summed E-state index contributed by atoms with van der Waals surface area (Å²) in [7, 11) is 3.03. The number of ketones is 1. The molecule has 1 rings (SSSR count). The first-order valence-electron chi connectivity index (χ1n) is 7.49. The molecule has 0 N–H and O–H groups in total.